The van der Waals surface area contributed by atoms with Crippen LogP contribution in [0.2, 0.25) is 0 Å². The van der Waals surface area contributed by atoms with Gasteiger partial charge in [-0.2, -0.15) is 22.0 Å². The normalized spacial score (nSPS) is 11.7. The van der Waals surface area contributed by atoms with Gasteiger partial charge in [-0.25, -0.2) is 4.79 Å². The van der Waals surface area contributed by atoms with Crippen molar-refractivity contribution in [2.24, 2.45) is 0 Å². The van der Waals surface area contributed by atoms with Crippen molar-refractivity contribution in [2.75, 3.05) is 26.3 Å². The molecule has 0 amide bonds. The van der Waals surface area contributed by atoms with E-state index in [1.54, 1.807) is 0 Å². The molecule has 0 aliphatic heterocycles. The first-order valence-corrected chi connectivity index (χ1v) is 4.21. The van der Waals surface area contributed by atoms with Crippen LogP contribution in [-0.4, -0.2) is 59.7 Å². The maximum absolute atomic E-state index is 11.3. The number of aliphatic hydroxyl groups is 2. The van der Waals surface area contributed by atoms with E-state index in [-0.39, 0.29) is 13.2 Å². The Bertz CT molecular complexity index is 217. The van der Waals surface area contributed by atoms with Crippen LogP contribution in [0.15, 0.2) is 0 Å². The number of aliphatic carboxylic acids is 1. The molecule has 5 nitrogen and oxygen atoms in total. The van der Waals surface area contributed by atoms with Gasteiger partial charge in [0.05, 0.1) is 13.2 Å². The minimum atomic E-state index is -6.02. The lowest BCUT2D eigenvalue weighted by Gasteiger charge is -2.13. The van der Waals surface area contributed by atoms with Gasteiger partial charge in [0, 0.05) is 13.1 Å². The molecule has 0 atom stereocenters. The molecule has 0 aromatic heterocycles. The van der Waals surface area contributed by atoms with Crippen molar-refractivity contribution in [2.45, 2.75) is 12.1 Å². The van der Waals surface area contributed by atoms with Crippen LogP contribution in [0.25, 0.3) is 0 Å². The first kappa shape index (κ1) is 18.4. The molecule has 0 rings (SSSR count). The number of carboxylic acid groups (broad SMARTS) is 1. The fraction of sp³-hybridized carbons (Fsp3) is 0.857. The highest BCUT2D eigenvalue weighted by Gasteiger charge is 2.64. The zero-order chi connectivity index (χ0) is 14.1. The maximum Gasteiger partial charge on any atom is 0.465 e. The molecule has 17 heavy (non-hydrogen) atoms. The third-order valence-corrected chi connectivity index (χ3v) is 1.20. The Hall–Kier alpha value is -1.00. The molecule has 0 saturated heterocycles. The monoisotopic (exact) mass is 269 g/mol. The molecule has 0 saturated carbocycles. The number of carboxylic acids is 1. The zero-order valence-electron chi connectivity index (χ0n) is 8.47. The number of carbonyl (C=O) groups is 1. The van der Waals surface area contributed by atoms with Crippen molar-refractivity contribution in [3.63, 3.8) is 0 Å². The first-order chi connectivity index (χ1) is 7.61. The second-order valence-electron chi connectivity index (χ2n) is 2.57. The van der Waals surface area contributed by atoms with Crippen molar-refractivity contribution >= 4 is 5.97 Å². The largest absolute Gasteiger partial charge is 0.477 e. The predicted octanol–water partition coefficient (Wildman–Crippen LogP) is -0.171. The standard InChI is InChI=1S/C4H11NO2.C3HF5O2/c6-3-1-5-2-4-7;4-2(5,1(9)10)3(6,7)8/h5-7H,1-4H2;(H,9,10). The molecule has 0 bridgehead atoms. The summed E-state index contributed by atoms with van der Waals surface area (Å²) in [4.78, 5) is 9.20. The summed E-state index contributed by atoms with van der Waals surface area (Å²) in [7, 11) is 0. The van der Waals surface area contributed by atoms with E-state index in [4.69, 9.17) is 15.3 Å². The van der Waals surface area contributed by atoms with Gasteiger partial charge in [0.2, 0.25) is 0 Å². The maximum atomic E-state index is 11.3. The summed E-state index contributed by atoms with van der Waals surface area (Å²) in [5.41, 5.74) is 0. The Morgan fingerprint density at radius 3 is 1.47 bits per heavy atom. The molecule has 0 aromatic rings. The summed E-state index contributed by atoms with van der Waals surface area (Å²) in [5.74, 6) is -8.84. The molecule has 0 spiro atoms. The van der Waals surface area contributed by atoms with Crippen LogP contribution in [0.1, 0.15) is 0 Å². The Morgan fingerprint density at radius 1 is 1.00 bits per heavy atom. The van der Waals surface area contributed by atoms with Gasteiger partial charge in [-0.1, -0.05) is 0 Å². The number of nitrogens with one attached hydrogen (secondary N) is 1. The molecular weight excluding hydrogens is 257 g/mol. The second kappa shape index (κ2) is 8.14. The first-order valence-electron chi connectivity index (χ1n) is 4.21. The lowest BCUT2D eigenvalue weighted by atomic mass is 10.3. The molecule has 10 heteroatoms. The lowest BCUT2D eigenvalue weighted by molar-refractivity contribution is -0.277. The number of hydrogen-bond donors (Lipinski definition) is 4. The molecule has 4 N–H and O–H groups in total. The van der Waals surface area contributed by atoms with Gasteiger partial charge in [0.15, 0.2) is 0 Å². The molecule has 0 aliphatic rings. The van der Waals surface area contributed by atoms with Gasteiger partial charge >= 0.3 is 18.1 Å². The van der Waals surface area contributed by atoms with Gasteiger partial charge in [-0.3, -0.25) is 0 Å². The highest BCUT2D eigenvalue weighted by atomic mass is 19.4. The van der Waals surface area contributed by atoms with Crippen LogP contribution in [-0.2, 0) is 4.79 Å². The van der Waals surface area contributed by atoms with Gasteiger partial charge in [-0.05, 0) is 0 Å². The molecule has 0 fully saturated rings. The zero-order valence-corrected chi connectivity index (χ0v) is 8.47. The van der Waals surface area contributed by atoms with Crippen molar-refractivity contribution < 1.29 is 42.1 Å². The Balaban J connectivity index is 0. The third kappa shape index (κ3) is 7.82. The van der Waals surface area contributed by atoms with E-state index < -0.39 is 18.1 Å². The Labute approximate surface area is 92.9 Å². The van der Waals surface area contributed by atoms with Crippen molar-refractivity contribution in [1.82, 2.24) is 5.32 Å². The fourth-order valence-corrected chi connectivity index (χ4v) is 0.404. The van der Waals surface area contributed by atoms with Crippen molar-refractivity contribution in [1.29, 1.82) is 0 Å². The Kier molecular flexibility index (Phi) is 8.80. The van der Waals surface area contributed by atoms with E-state index >= 15 is 0 Å². The molecule has 0 radical (unpaired) electrons. The summed E-state index contributed by atoms with van der Waals surface area (Å²) in [5, 5.41) is 26.4. The molecule has 0 aliphatic carbocycles. The van der Waals surface area contributed by atoms with E-state index in [1.807, 2.05) is 0 Å². The van der Waals surface area contributed by atoms with Crippen LogP contribution in [0.4, 0.5) is 22.0 Å². The van der Waals surface area contributed by atoms with Gasteiger partial charge < -0.3 is 20.6 Å². The fourth-order valence-electron chi connectivity index (χ4n) is 0.404. The number of aliphatic hydroxyl groups excluding tert-OH is 2. The molecular formula is C7H12F5NO4. The molecule has 104 valence electrons. The van der Waals surface area contributed by atoms with E-state index in [2.05, 4.69) is 5.32 Å². The summed E-state index contributed by atoms with van der Waals surface area (Å²) >= 11 is 0. The SMILES string of the molecule is O=C(O)C(F)(F)C(F)(F)F.OCCNCCO. The topological polar surface area (TPSA) is 89.8 Å². The average molecular weight is 269 g/mol. The van der Waals surface area contributed by atoms with E-state index in [9.17, 15) is 26.7 Å². The van der Waals surface area contributed by atoms with Crippen molar-refractivity contribution in [3.05, 3.63) is 0 Å². The quantitative estimate of drug-likeness (QED) is 0.411. The van der Waals surface area contributed by atoms with Crippen LogP contribution in [0.5, 0.6) is 0 Å². The number of hydrogen-bond acceptors (Lipinski definition) is 4. The van der Waals surface area contributed by atoms with Gasteiger partial charge in [0.25, 0.3) is 0 Å². The van der Waals surface area contributed by atoms with Crippen LogP contribution >= 0.6 is 0 Å². The minimum absolute atomic E-state index is 0.139. The van der Waals surface area contributed by atoms with Crippen LogP contribution in [0.3, 0.4) is 0 Å². The number of halogens is 5. The smallest absolute Gasteiger partial charge is 0.465 e. The van der Waals surface area contributed by atoms with Crippen LogP contribution in [0, 0.1) is 0 Å². The second-order valence-corrected chi connectivity index (χ2v) is 2.57. The van der Waals surface area contributed by atoms with Crippen molar-refractivity contribution in [3.8, 4) is 0 Å². The van der Waals surface area contributed by atoms with E-state index in [1.165, 1.54) is 0 Å². The molecule has 0 heterocycles. The van der Waals surface area contributed by atoms with E-state index in [0.29, 0.717) is 13.1 Å². The van der Waals surface area contributed by atoms with E-state index in [0.717, 1.165) is 0 Å². The predicted molar refractivity (Wildman–Crippen MR) is 45.7 cm³/mol. The average Bonchev–Trinajstić information content (AvgIpc) is 2.17. The highest BCUT2D eigenvalue weighted by molar-refractivity contribution is 5.76. The summed E-state index contributed by atoms with van der Waals surface area (Å²) in [6.45, 7) is 1.42. The van der Waals surface area contributed by atoms with Gasteiger partial charge in [-0.15, -0.1) is 0 Å². The number of alkyl halides is 5. The van der Waals surface area contributed by atoms with Crippen LogP contribution < -0.4 is 5.32 Å². The minimum Gasteiger partial charge on any atom is -0.477 e. The highest BCUT2D eigenvalue weighted by Crippen LogP contribution is 2.35. The molecule has 0 aromatic carbocycles. The molecule has 0 unspecified atom stereocenters. The van der Waals surface area contributed by atoms with Gasteiger partial charge in [0.1, 0.15) is 0 Å². The lowest BCUT2D eigenvalue weighted by Crippen LogP contribution is -2.43. The Morgan fingerprint density at radius 2 is 1.35 bits per heavy atom. The summed E-state index contributed by atoms with van der Waals surface area (Å²) in [6, 6.07) is 0. The number of rotatable bonds is 5. The summed E-state index contributed by atoms with van der Waals surface area (Å²) < 4.78 is 55.5. The summed E-state index contributed by atoms with van der Waals surface area (Å²) in [6.07, 6.45) is -6.02. The third-order valence-electron chi connectivity index (χ3n) is 1.20.